The lowest BCUT2D eigenvalue weighted by Gasteiger charge is -2.51. The third kappa shape index (κ3) is 8.09. The number of H-pyrrole nitrogens is 1. The topological polar surface area (TPSA) is 411 Å². The van der Waals surface area contributed by atoms with E-state index in [9.17, 15) is 51.0 Å². The fraction of sp³-hybridized carbons (Fsp3) is 0.792. The summed E-state index contributed by atoms with van der Waals surface area (Å²) in [6.07, 6.45) is -13.0. The van der Waals surface area contributed by atoms with E-state index in [4.69, 9.17) is 20.5 Å². The summed E-state index contributed by atoms with van der Waals surface area (Å²) in [4.78, 5) is 49.3. The number of carbonyl (C=O) groups excluding carboxylic acids is 1. The second-order valence-corrected chi connectivity index (χ2v) is 11.6. The van der Waals surface area contributed by atoms with Crippen LogP contribution >= 0.6 is 0 Å². The molecule has 26 nitrogen and oxygen atoms in total. The molecule has 1 aliphatic carbocycles. The first-order chi connectivity index (χ1) is 24.0. The van der Waals surface area contributed by atoms with Gasteiger partial charge in [-0.05, 0) is 41.5 Å². The van der Waals surface area contributed by atoms with Gasteiger partial charge in [0.15, 0.2) is 12.3 Å². The molecule has 3 fully saturated rings. The first-order valence-corrected chi connectivity index (χ1v) is 15.2. The second kappa shape index (κ2) is 17.1. The molecule has 1 saturated carbocycles. The summed E-state index contributed by atoms with van der Waals surface area (Å²) in [6, 6.07) is -3.83. The number of aliphatic hydroxyl groups excluding tert-OH is 5. The highest BCUT2D eigenvalue weighted by Crippen LogP contribution is 2.39. The molecule has 0 radical (unpaired) electrons. The van der Waals surface area contributed by atoms with Crippen LogP contribution in [-0.2, 0) is 14.3 Å². The molecule has 4 rings (SSSR count). The van der Waals surface area contributed by atoms with Crippen molar-refractivity contribution in [3.8, 4) is 0 Å². The molecule has 270 valence electrons. The lowest BCUT2D eigenvalue weighted by molar-refractivity contribution is -0.199. The number of nitrogens with zero attached hydrogens (tertiary/aromatic N) is 13. The average molecular weight is 707 g/mol. The minimum absolute atomic E-state index is 0.0167. The molecule has 3 heterocycles. The summed E-state index contributed by atoms with van der Waals surface area (Å²) in [7, 11) is 0. The van der Waals surface area contributed by atoms with Crippen LogP contribution in [0.1, 0.15) is 19.1 Å². The van der Waals surface area contributed by atoms with E-state index in [-0.39, 0.29) is 25.9 Å². The van der Waals surface area contributed by atoms with Gasteiger partial charge in [-0.25, -0.2) is 4.79 Å². The van der Waals surface area contributed by atoms with E-state index >= 15 is 0 Å². The van der Waals surface area contributed by atoms with Crippen LogP contribution in [-0.4, -0.2) is 134 Å². The van der Waals surface area contributed by atoms with Crippen LogP contribution in [0, 0.1) is 5.92 Å². The SMILES string of the molecule is [N-]=[N+]=NC[C@H]1O[C@H]([C@H]2[C@@H](NCCCNC(=O)[C@H]3O[C@@H](n4ccc(=O)[nH]c4=O)[C@H](O)[C@@H]3O)[C@@H](O)[C@H](N=[N+]=[N-])C[C@@H]2N=[N+]=[N-])[C@H](N=[N+]=[N-])[C@@H](O)[C@@H]1O. The molecule has 0 unspecified atom stereocenters. The standard InChI is InChI=1S/C24H34N16O10/c25-36-31-7-10-16(43)17(44)14(35-39-28)20(49-10)12-8(33-37-26)6-9(34-38-27)15(42)13(12)29-3-1-4-30-22(47)21-18(45)19(46)23(50-21)40-5-2-11(41)32-24(40)48/h2,5,8-10,12-21,23,29,42-46H,1,3-4,6-7H2,(H,30,47)(H,32,41,48)/t8-,9+,10+,12+,13+,14+,15-,16+,17+,18-,19+,20+,21-,23+/m0/s1. The molecule has 50 heavy (non-hydrogen) atoms. The Balaban J connectivity index is 1.49. The molecule has 8 N–H and O–H groups in total. The Kier molecular flexibility index (Phi) is 13.0. The van der Waals surface area contributed by atoms with Gasteiger partial charge < -0.3 is 45.6 Å². The zero-order valence-electron chi connectivity index (χ0n) is 25.9. The zero-order chi connectivity index (χ0) is 36.5. The van der Waals surface area contributed by atoms with Crippen molar-refractivity contribution in [2.75, 3.05) is 19.6 Å². The van der Waals surface area contributed by atoms with Gasteiger partial charge in [-0.3, -0.25) is 19.1 Å². The highest BCUT2D eigenvalue weighted by molar-refractivity contribution is 5.81. The van der Waals surface area contributed by atoms with Gasteiger partial charge in [-0.1, -0.05) is 20.5 Å². The van der Waals surface area contributed by atoms with Crippen molar-refractivity contribution in [3.05, 3.63) is 74.9 Å². The maximum Gasteiger partial charge on any atom is 0.330 e. The van der Waals surface area contributed by atoms with Crippen LogP contribution in [0.3, 0.4) is 0 Å². The number of aromatic amines is 1. The summed E-state index contributed by atoms with van der Waals surface area (Å²) in [5, 5.41) is 73.5. The third-order valence-corrected chi connectivity index (χ3v) is 8.80. The van der Waals surface area contributed by atoms with Gasteiger partial charge in [-0.2, -0.15) is 0 Å². The van der Waals surface area contributed by atoms with Crippen molar-refractivity contribution in [1.82, 2.24) is 20.2 Å². The number of aliphatic hydroxyl groups is 5. The molecule has 1 amide bonds. The van der Waals surface area contributed by atoms with Crippen LogP contribution in [0.5, 0.6) is 0 Å². The quantitative estimate of drug-likeness (QED) is 0.0472. The second-order valence-electron chi connectivity index (χ2n) is 11.6. The van der Waals surface area contributed by atoms with Crippen molar-refractivity contribution in [3.63, 3.8) is 0 Å². The number of aromatic nitrogens is 2. The summed E-state index contributed by atoms with van der Waals surface area (Å²) in [5.74, 6) is -1.94. The highest BCUT2D eigenvalue weighted by Gasteiger charge is 2.54. The van der Waals surface area contributed by atoms with Gasteiger partial charge in [0.1, 0.15) is 18.3 Å². The first kappa shape index (κ1) is 37.9. The van der Waals surface area contributed by atoms with Crippen molar-refractivity contribution in [1.29, 1.82) is 0 Å². The molecule has 2 saturated heterocycles. The van der Waals surface area contributed by atoms with Crippen LogP contribution in [0.15, 0.2) is 42.3 Å². The molecule has 1 aromatic heterocycles. The monoisotopic (exact) mass is 706 g/mol. The number of amides is 1. The van der Waals surface area contributed by atoms with Gasteiger partial charge in [0.25, 0.3) is 11.5 Å². The predicted molar refractivity (Wildman–Crippen MR) is 164 cm³/mol. The van der Waals surface area contributed by atoms with E-state index in [1.165, 1.54) is 0 Å². The summed E-state index contributed by atoms with van der Waals surface area (Å²) < 4.78 is 12.2. The molecule has 0 spiro atoms. The fourth-order valence-electron chi connectivity index (χ4n) is 6.46. The number of ether oxygens (including phenoxy) is 2. The van der Waals surface area contributed by atoms with Crippen molar-refractivity contribution in [2.24, 2.45) is 26.4 Å². The van der Waals surface area contributed by atoms with E-state index in [2.05, 4.69) is 50.7 Å². The summed E-state index contributed by atoms with van der Waals surface area (Å²) in [6.45, 7) is -0.484. The van der Waals surface area contributed by atoms with Crippen molar-refractivity contribution >= 4 is 5.91 Å². The van der Waals surface area contributed by atoms with Crippen LogP contribution in [0.25, 0.3) is 41.8 Å². The molecule has 0 aromatic carbocycles. The third-order valence-electron chi connectivity index (χ3n) is 8.80. The highest BCUT2D eigenvalue weighted by atomic mass is 16.6. The molecular weight excluding hydrogens is 672 g/mol. The van der Waals surface area contributed by atoms with Gasteiger partial charge in [0, 0.05) is 56.5 Å². The Labute approximate surface area is 279 Å². The Morgan fingerprint density at radius 1 is 0.900 bits per heavy atom. The number of carbonyl (C=O) groups is 1. The number of rotatable bonds is 13. The van der Waals surface area contributed by atoms with E-state index in [1.807, 2.05) is 4.98 Å². The molecular formula is C24H34N16O10. The van der Waals surface area contributed by atoms with E-state index in [0.717, 1.165) is 16.8 Å². The Hall–Kier alpha value is -4.93. The largest absolute Gasteiger partial charge is 0.391 e. The summed E-state index contributed by atoms with van der Waals surface area (Å²) >= 11 is 0. The lowest BCUT2D eigenvalue weighted by atomic mass is 9.70. The number of hydrogen-bond acceptors (Lipinski definition) is 15. The molecule has 0 bridgehead atoms. The Morgan fingerprint density at radius 2 is 1.60 bits per heavy atom. The van der Waals surface area contributed by atoms with E-state index in [1.54, 1.807) is 0 Å². The van der Waals surface area contributed by atoms with Crippen LogP contribution in [0.4, 0.5) is 0 Å². The Morgan fingerprint density at radius 3 is 2.26 bits per heavy atom. The van der Waals surface area contributed by atoms with Gasteiger partial charge in [0.2, 0.25) is 0 Å². The molecule has 1 aromatic rings. The molecule has 2 aliphatic heterocycles. The maximum absolute atomic E-state index is 12.8. The molecule has 3 aliphatic rings. The minimum atomic E-state index is -1.73. The van der Waals surface area contributed by atoms with E-state index in [0.29, 0.717) is 0 Å². The molecule has 14 atom stereocenters. The van der Waals surface area contributed by atoms with E-state index < -0.39 is 109 Å². The lowest BCUT2D eigenvalue weighted by Crippen LogP contribution is -2.67. The smallest absolute Gasteiger partial charge is 0.330 e. The Bertz CT molecular complexity index is 1680. The van der Waals surface area contributed by atoms with Crippen molar-refractivity contribution in [2.45, 2.75) is 92.1 Å². The normalized spacial score (nSPS) is 36.5. The van der Waals surface area contributed by atoms with Gasteiger partial charge >= 0.3 is 5.69 Å². The number of hydrogen-bond donors (Lipinski definition) is 8. The number of azide groups is 4. The maximum atomic E-state index is 12.8. The van der Waals surface area contributed by atoms with Crippen LogP contribution in [0.2, 0.25) is 0 Å². The molecule has 26 heteroatoms. The van der Waals surface area contributed by atoms with Gasteiger partial charge in [-0.15, -0.1) is 0 Å². The average Bonchev–Trinajstić information content (AvgIpc) is 3.38. The minimum Gasteiger partial charge on any atom is -0.391 e. The fourth-order valence-corrected chi connectivity index (χ4v) is 6.46. The zero-order valence-corrected chi connectivity index (χ0v) is 25.9. The van der Waals surface area contributed by atoms with Crippen LogP contribution < -0.4 is 21.9 Å². The first-order valence-electron chi connectivity index (χ1n) is 15.2. The van der Waals surface area contributed by atoms with Gasteiger partial charge in [0.05, 0.1) is 43.0 Å². The summed E-state index contributed by atoms with van der Waals surface area (Å²) in [5.41, 5.74) is 34.8. The predicted octanol–water partition coefficient (Wildman–Crippen LogP) is -2.16. The number of nitrogens with one attached hydrogen (secondary N) is 3. The van der Waals surface area contributed by atoms with Crippen molar-refractivity contribution < 1.29 is 39.8 Å².